The third kappa shape index (κ3) is 3.61. The van der Waals surface area contributed by atoms with Crippen LogP contribution in [0.3, 0.4) is 0 Å². The van der Waals surface area contributed by atoms with Crippen molar-refractivity contribution in [3.63, 3.8) is 0 Å². The quantitative estimate of drug-likeness (QED) is 0.683. The molecule has 0 aliphatic carbocycles. The van der Waals surface area contributed by atoms with Crippen LogP contribution in [0.4, 0.5) is 4.39 Å². The first-order valence-corrected chi connectivity index (χ1v) is 10.7. The molecule has 26 heavy (non-hydrogen) atoms. The number of carbonyl (C=O) groups is 1. The Kier molecular flexibility index (Phi) is 5.06. The van der Waals surface area contributed by atoms with E-state index in [4.69, 9.17) is 0 Å². The van der Waals surface area contributed by atoms with Gasteiger partial charge in [-0.15, -0.1) is 0 Å². The predicted octanol–water partition coefficient (Wildman–Crippen LogP) is 3.40. The number of aromatic nitrogens is 1. The summed E-state index contributed by atoms with van der Waals surface area (Å²) in [7, 11) is -3.33. The van der Waals surface area contributed by atoms with Crippen molar-refractivity contribution in [2.24, 2.45) is 4.99 Å². The molecule has 8 heteroatoms. The average Bonchev–Trinajstić information content (AvgIpc) is 2.91. The average molecular weight is 392 g/mol. The van der Waals surface area contributed by atoms with Gasteiger partial charge in [0.1, 0.15) is 5.82 Å². The second-order valence-corrected chi connectivity index (χ2v) is 8.86. The first-order valence-electron chi connectivity index (χ1n) is 7.98. The van der Waals surface area contributed by atoms with Crippen molar-refractivity contribution in [3.05, 3.63) is 58.6 Å². The Morgan fingerprint density at radius 1 is 1.23 bits per heavy atom. The molecule has 0 atom stereocenters. The van der Waals surface area contributed by atoms with Crippen LogP contribution in [0.25, 0.3) is 10.2 Å². The van der Waals surface area contributed by atoms with Crippen LogP contribution in [-0.2, 0) is 16.4 Å². The lowest BCUT2D eigenvalue weighted by Crippen LogP contribution is -2.17. The Labute approximate surface area is 154 Å². The van der Waals surface area contributed by atoms with Crippen LogP contribution in [-0.4, -0.2) is 25.1 Å². The zero-order valence-electron chi connectivity index (χ0n) is 14.3. The van der Waals surface area contributed by atoms with E-state index >= 15 is 0 Å². The van der Waals surface area contributed by atoms with Crippen molar-refractivity contribution >= 4 is 37.3 Å². The second kappa shape index (κ2) is 7.13. The summed E-state index contributed by atoms with van der Waals surface area (Å²) in [6.07, 6.45) is 1.95. The van der Waals surface area contributed by atoms with Crippen molar-refractivity contribution in [1.82, 2.24) is 4.57 Å². The maximum atomic E-state index is 13.8. The number of aryl methyl sites for hydroxylation is 1. The van der Waals surface area contributed by atoms with E-state index in [0.717, 1.165) is 18.2 Å². The van der Waals surface area contributed by atoms with E-state index in [1.807, 2.05) is 11.5 Å². The number of hydrogen-bond acceptors (Lipinski definition) is 4. The molecule has 2 aromatic carbocycles. The highest BCUT2D eigenvalue weighted by Gasteiger charge is 2.14. The summed E-state index contributed by atoms with van der Waals surface area (Å²) >= 11 is 1.21. The van der Waals surface area contributed by atoms with Gasteiger partial charge in [-0.2, -0.15) is 4.99 Å². The summed E-state index contributed by atoms with van der Waals surface area (Å²) in [4.78, 5) is 17.1. The SMILES string of the molecule is CCCn1c(=NC(=O)c2ccccc2F)sc2cc(S(C)(=O)=O)ccc21. The molecule has 3 aromatic rings. The van der Waals surface area contributed by atoms with Gasteiger partial charge >= 0.3 is 0 Å². The lowest BCUT2D eigenvalue weighted by Gasteiger charge is -2.03. The molecule has 1 aromatic heterocycles. The highest BCUT2D eigenvalue weighted by Crippen LogP contribution is 2.22. The van der Waals surface area contributed by atoms with Crippen LogP contribution in [0.15, 0.2) is 52.4 Å². The number of thiazole rings is 1. The lowest BCUT2D eigenvalue weighted by molar-refractivity contribution is 0.0994. The van der Waals surface area contributed by atoms with E-state index in [1.165, 1.54) is 29.5 Å². The minimum Gasteiger partial charge on any atom is -0.316 e. The van der Waals surface area contributed by atoms with Crippen molar-refractivity contribution < 1.29 is 17.6 Å². The molecule has 0 N–H and O–H groups in total. The fourth-order valence-corrected chi connectivity index (χ4v) is 4.41. The first kappa shape index (κ1) is 18.5. The largest absolute Gasteiger partial charge is 0.316 e. The minimum atomic E-state index is -3.33. The topological polar surface area (TPSA) is 68.5 Å². The highest BCUT2D eigenvalue weighted by molar-refractivity contribution is 7.90. The smallest absolute Gasteiger partial charge is 0.282 e. The summed E-state index contributed by atoms with van der Waals surface area (Å²) < 4.78 is 39.9. The van der Waals surface area contributed by atoms with Gasteiger partial charge in [-0.05, 0) is 36.8 Å². The molecule has 0 fully saturated rings. The van der Waals surface area contributed by atoms with Crippen LogP contribution in [0.5, 0.6) is 0 Å². The Morgan fingerprint density at radius 3 is 2.62 bits per heavy atom. The fourth-order valence-electron chi connectivity index (χ4n) is 2.59. The van der Waals surface area contributed by atoms with E-state index in [-0.39, 0.29) is 10.5 Å². The number of hydrogen-bond donors (Lipinski definition) is 0. The molecule has 0 spiro atoms. The van der Waals surface area contributed by atoms with E-state index < -0.39 is 21.6 Å². The van der Waals surface area contributed by atoms with Crippen LogP contribution in [0.2, 0.25) is 0 Å². The van der Waals surface area contributed by atoms with Gasteiger partial charge in [-0.3, -0.25) is 4.79 Å². The van der Waals surface area contributed by atoms with Crippen molar-refractivity contribution in [2.75, 3.05) is 6.26 Å². The summed E-state index contributed by atoms with van der Waals surface area (Å²) in [5.74, 6) is -1.29. The van der Waals surface area contributed by atoms with Crippen molar-refractivity contribution in [1.29, 1.82) is 0 Å². The van der Waals surface area contributed by atoms with Gasteiger partial charge < -0.3 is 4.57 Å². The number of carbonyl (C=O) groups excluding carboxylic acids is 1. The third-order valence-corrected chi connectivity index (χ3v) is 5.98. The molecule has 0 aliphatic heterocycles. The van der Waals surface area contributed by atoms with Gasteiger partial charge in [0, 0.05) is 12.8 Å². The Balaban J connectivity index is 2.20. The zero-order chi connectivity index (χ0) is 18.9. The second-order valence-electron chi connectivity index (χ2n) is 5.83. The van der Waals surface area contributed by atoms with Gasteiger partial charge in [0.25, 0.3) is 5.91 Å². The van der Waals surface area contributed by atoms with E-state index in [1.54, 1.807) is 24.3 Å². The highest BCUT2D eigenvalue weighted by atomic mass is 32.2. The summed E-state index contributed by atoms with van der Waals surface area (Å²) in [6, 6.07) is 10.5. The molecule has 5 nitrogen and oxygen atoms in total. The van der Waals surface area contributed by atoms with Gasteiger partial charge in [0.15, 0.2) is 14.6 Å². The maximum Gasteiger partial charge on any atom is 0.282 e. The zero-order valence-corrected chi connectivity index (χ0v) is 15.9. The molecular formula is C18H17FN2O3S2. The molecule has 0 saturated carbocycles. The van der Waals surface area contributed by atoms with Crippen molar-refractivity contribution in [3.8, 4) is 0 Å². The molecule has 3 rings (SSSR count). The van der Waals surface area contributed by atoms with E-state index in [2.05, 4.69) is 4.99 Å². The monoisotopic (exact) mass is 392 g/mol. The van der Waals surface area contributed by atoms with Crippen LogP contribution in [0.1, 0.15) is 23.7 Å². The summed E-state index contributed by atoms with van der Waals surface area (Å²) in [5, 5.41) is 0. The van der Waals surface area contributed by atoms with Crippen LogP contribution >= 0.6 is 11.3 Å². The number of sulfone groups is 1. The molecule has 0 unspecified atom stereocenters. The molecular weight excluding hydrogens is 375 g/mol. The molecule has 136 valence electrons. The van der Waals surface area contributed by atoms with Crippen LogP contribution in [0, 0.1) is 5.82 Å². The number of nitrogens with zero attached hydrogens (tertiary/aromatic N) is 2. The number of halogens is 1. The Hall–Kier alpha value is -2.32. The number of fused-ring (bicyclic) bond motifs is 1. The number of rotatable bonds is 4. The van der Waals surface area contributed by atoms with Crippen LogP contribution < -0.4 is 4.80 Å². The normalized spacial score (nSPS) is 12.7. The van der Waals surface area contributed by atoms with Gasteiger partial charge in [0.2, 0.25) is 0 Å². The standard InChI is InChI=1S/C18H17FN2O3S2/c1-3-10-21-15-9-8-12(26(2,23)24)11-16(15)25-18(21)20-17(22)13-6-4-5-7-14(13)19/h4-9,11H,3,10H2,1-2H3. The maximum absolute atomic E-state index is 13.8. The van der Waals surface area contributed by atoms with Crippen molar-refractivity contribution in [2.45, 2.75) is 24.8 Å². The molecule has 1 heterocycles. The molecule has 0 saturated heterocycles. The van der Waals surface area contributed by atoms with Gasteiger partial charge in [-0.25, -0.2) is 12.8 Å². The Bertz CT molecular complexity index is 1160. The summed E-state index contributed by atoms with van der Waals surface area (Å²) in [6.45, 7) is 2.60. The first-order chi connectivity index (χ1) is 12.3. The van der Waals surface area contributed by atoms with Gasteiger partial charge in [0.05, 0.1) is 20.7 Å². The number of benzene rings is 2. The lowest BCUT2D eigenvalue weighted by atomic mass is 10.2. The molecule has 0 aliphatic rings. The summed E-state index contributed by atoms with van der Waals surface area (Å²) in [5.41, 5.74) is 0.703. The molecule has 1 amide bonds. The fraction of sp³-hybridized carbons (Fsp3) is 0.222. The third-order valence-electron chi connectivity index (χ3n) is 3.83. The molecule has 0 bridgehead atoms. The van der Waals surface area contributed by atoms with E-state index in [9.17, 15) is 17.6 Å². The number of amides is 1. The van der Waals surface area contributed by atoms with Gasteiger partial charge in [-0.1, -0.05) is 30.4 Å². The minimum absolute atomic E-state index is 0.0928. The predicted molar refractivity (Wildman–Crippen MR) is 99.5 cm³/mol. The molecule has 0 radical (unpaired) electrons. The Morgan fingerprint density at radius 2 is 1.96 bits per heavy atom. The van der Waals surface area contributed by atoms with E-state index in [0.29, 0.717) is 16.0 Å².